The molecular weight excluding hydrogens is 336 g/mol. The van der Waals surface area contributed by atoms with Gasteiger partial charge in [-0.05, 0) is 67.9 Å². The van der Waals surface area contributed by atoms with Crippen LogP contribution in [0.3, 0.4) is 0 Å². The van der Waals surface area contributed by atoms with Crippen LogP contribution in [0, 0.1) is 0 Å². The predicted octanol–water partition coefficient (Wildman–Crippen LogP) is 3.44. The fourth-order valence-corrected chi connectivity index (χ4v) is 2.80. The zero-order valence-electron chi connectivity index (χ0n) is 12.8. The molecule has 0 aromatic heterocycles. The lowest BCUT2D eigenvalue weighted by atomic mass is 10.1. The van der Waals surface area contributed by atoms with Gasteiger partial charge in [0.25, 0.3) is 10.0 Å². The van der Waals surface area contributed by atoms with E-state index >= 15 is 0 Å². The molecule has 0 saturated carbocycles. The maximum absolute atomic E-state index is 12.1. The van der Waals surface area contributed by atoms with E-state index in [-0.39, 0.29) is 4.90 Å². The van der Waals surface area contributed by atoms with Crippen molar-refractivity contribution in [3.63, 3.8) is 0 Å². The Kier molecular flexibility index (Phi) is 5.63. The third kappa shape index (κ3) is 4.71. The van der Waals surface area contributed by atoms with Crippen molar-refractivity contribution in [2.45, 2.75) is 18.7 Å². The molecule has 0 unspecified atom stereocenters. The summed E-state index contributed by atoms with van der Waals surface area (Å²) in [4.78, 5) is 2.32. The van der Waals surface area contributed by atoms with E-state index < -0.39 is 10.0 Å². The van der Waals surface area contributed by atoms with Crippen molar-refractivity contribution >= 4 is 27.3 Å². The first-order valence-corrected chi connectivity index (χ1v) is 8.83. The van der Waals surface area contributed by atoms with Crippen LogP contribution in [0.4, 0.5) is 0 Å². The van der Waals surface area contributed by atoms with Crippen molar-refractivity contribution in [2.75, 3.05) is 6.61 Å². The van der Waals surface area contributed by atoms with Crippen LogP contribution in [0.1, 0.15) is 19.4 Å². The normalized spacial score (nSPS) is 12.0. The Morgan fingerprint density at radius 1 is 1.13 bits per heavy atom. The first-order valence-electron chi connectivity index (χ1n) is 6.97. The maximum Gasteiger partial charge on any atom is 0.276 e. The molecule has 5 nitrogen and oxygen atoms in total. The Labute approximate surface area is 141 Å². The Balaban J connectivity index is 2.13. The van der Waals surface area contributed by atoms with Gasteiger partial charge in [-0.2, -0.15) is 18.4 Å². The lowest BCUT2D eigenvalue weighted by molar-refractivity contribution is 0.340. The fourth-order valence-electron chi connectivity index (χ4n) is 1.82. The summed E-state index contributed by atoms with van der Waals surface area (Å²) < 4.78 is 29.6. The highest BCUT2D eigenvalue weighted by atomic mass is 35.5. The van der Waals surface area contributed by atoms with Crippen LogP contribution < -0.4 is 9.57 Å². The van der Waals surface area contributed by atoms with Gasteiger partial charge in [-0.25, -0.2) is 0 Å². The second-order valence-electron chi connectivity index (χ2n) is 4.70. The van der Waals surface area contributed by atoms with Crippen LogP contribution in [0.15, 0.2) is 58.5 Å². The van der Waals surface area contributed by atoms with Gasteiger partial charge in [-0.1, -0.05) is 11.6 Å². The number of hydrazone groups is 1. The Morgan fingerprint density at radius 2 is 1.74 bits per heavy atom. The molecule has 0 radical (unpaired) electrons. The summed E-state index contributed by atoms with van der Waals surface area (Å²) in [6.07, 6.45) is 0. The average molecular weight is 353 g/mol. The molecule has 2 aromatic carbocycles. The van der Waals surface area contributed by atoms with Crippen LogP contribution in [0.2, 0.25) is 5.02 Å². The number of ether oxygens (including phenoxy) is 1. The minimum atomic E-state index is -3.72. The Bertz CT molecular complexity index is 785. The van der Waals surface area contributed by atoms with E-state index in [1.165, 1.54) is 24.3 Å². The van der Waals surface area contributed by atoms with Gasteiger partial charge < -0.3 is 4.74 Å². The van der Waals surface area contributed by atoms with Crippen molar-refractivity contribution in [2.24, 2.45) is 5.10 Å². The van der Waals surface area contributed by atoms with Gasteiger partial charge in [0, 0.05) is 5.02 Å². The Hall–Kier alpha value is -2.05. The summed E-state index contributed by atoms with van der Waals surface area (Å²) in [7, 11) is -3.72. The largest absolute Gasteiger partial charge is 0.494 e. The second-order valence-corrected chi connectivity index (χ2v) is 6.80. The number of nitrogens with zero attached hydrogens (tertiary/aromatic N) is 1. The van der Waals surface area contributed by atoms with Crippen LogP contribution in [0.5, 0.6) is 5.75 Å². The van der Waals surface area contributed by atoms with Crippen LogP contribution in [-0.4, -0.2) is 20.7 Å². The summed E-state index contributed by atoms with van der Waals surface area (Å²) in [5, 5.41) is 4.42. The monoisotopic (exact) mass is 352 g/mol. The van der Waals surface area contributed by atoms with Crippen LogP contribution >= 0.6 is 11.6 Å². The van der Waals surface area contributed by atoms with E-state index in [0.717, 1.165) is 11.3 Å². The number of hydrogen-bond donors (Lipinski definition) is 1. The molecule has 0 amide bonds. The zero-order valence-corrected chi connectivity index (χ0v) is 14.4. The first-order chi connectivity index (χ1) is 10.9. The molecule has 0 aliphatic rings. The molecule has 7 heteroatoms. The molecule has 0 aliphatic heterocycles. The lowest BCUT2D eigenvalue weighted by Crippen LogP contribution is -2.19. The minimum Gasteiger partial charge on any atom is -0.494 e. The van der Waals surface area contributed by atoms with Gasteiger partial charge in [-0.15, -0.1) is 0 Å². The van der Waals surface area contributed by atoms with Gasteiger partial charge in [0.2, 0.25) is 0 Å². The number of benzene rings is 2. The summed E-state index contributed by atoms with van der Waals surface area (Å²) in [5.74, 6) is 0.755. The van der Waals surface area contributed by atoms with Crippen molar-refractivity contribution < 1.29 is 13.2 Å². The van der Waals surface area contributed by atoms with Crippen molar-refractivity contribution in [1.82, 2.24) is 4.83 Å². The molecule has 0 heterocycles. The third-order valence-electron chi connectivity index (χ3n) is 3.04. The van der Waals surface area contributed by atoms with E-state index in [0.29, 0.717) is 17.3 Å². The minimum absolute atomic E-state index is 0.102. The zero-order chi connectivity index (χ0) is 16.9. The van der Waals surface area contributed by atoms with Crippen LogP contribution in [0.25, 0.3) is 0 Å². The molecule has 0 spiro atoms. The highest BCUT2D eigenvalue weighted by Gasteiger charge is 2.12. The molecule has 23 heavy (non-hydrogen) atoms. The summed E-state index contributed by atoms with van der Waals surface area (Å²) in [6.45, 7) is 4.22. The number of halogens is 1. The van der Waals surface area contributed by atoms with Crippen molar-refractivity contribution in [3.05, 3.63) is 59.1 Å². The lowest BCUT2D eigenvalue weighted by Gasteiger charge is -2.07. The molecule has 2 aromatic rings. The van der Waals surface area contributed by atoms with Gasteiger partial charge in [0.1, 0.15) is 5.75 Å². The van der Waals surface area contributed by atoms with E-state index in [1.807, 2.05) is 31.2 Å². The molecule has 1 N–H and O–H groups in total. The van der Waals surface area contributed by atoms with E-state index in [4.69, 9.17) is 16.3 Å². The number of rotatable bonds is 6. The van der Waals surface area contributed by atoms with Gasteiger partial charge >= 0.3 is 0 Å². The molecule has 0 fully saturated rings. The number of nitrogens with one attached hydrogen (secondary N) is 1. The molecule has 2 rings (SSSR count). The fraction of sp³-hybridized carbons (Fsp3) is 0.188. The number of hydrogen-bond acceptors (Lipinski definition) is 4. The Morgan fingerprint density at radius 3 is 2.30 bits per heavy atom. The van der Waals surface area contributed by atoms with Gasteiger partial charge in [0.05, 0.1) is 17.2 Å². The SMILES string of the molecule is CCOc1ccc(/C(C)=N\NS(=O)(=O)c2ccc(Cl)cc2)cc1. The molecule has 0 saturated heterocycles. The molecule has 0 atom stereocenters. The highest BCUT2D eigenvalue weighted by molar-refractivity contribution is 7.89. The van der Waals surface area contributed by atoms with Crippen molar-refractivity contribution in [3.8, 4) is 5.75 Å². The number of sulfonamides is 1. The summed E-state index contributed by atoms with van der Waals surface area (Å²) >= 11 is 5.75. The van der Waals surface area contributed by atoms with E-state index in [1.54, 1.807) is 6.92 Å². The second kappa shape index (κ2) is 7.48. The molecular formula is C16H17ClN2O3S. The van der Waals surface area contributed by atoms with Crippen molar-refractivity contribution in [1.29, 1.82) is 0 Å². The standard InChI is InChI=1S/C16H17ClN2O3S/c1-3-22-15-8-4-13(5-9-15)12(2)18-19-23(20,21)16-10-6-14(17)7-11-16/h4-11,19H,3H2,1-2H3/b18-12-. The molecule has 122 valence electrons. The van der Waals surface area contributed by atoms with E-state index in [2.05, 4.69) is 9.93 Å². The highest BCUT2D eigenvalue weighted by Crippen LogP contribution is 2.15. The maximum atomic E-state index is 12.1. The third-order valence-corrected chi connectivity index (χ3v) is 4.52. The van der Waals surface area contributed by atoms with Crippen LogP contribution in [-0.2, 0) is 10.0 Å². The van der Waals surface area contributed by atoms with Gasteiger partial charge in [-0.3, -0.25) is 0 Å². The quantitative estimate of drug-likeness (QED) is 0.639. The van der Waals surface area contributed by atoms with Gasteiger partial charge in [0.15, 0.2) is 0 Å². The summed E-state index contributed by atoms with van der Waals surface area (Å²) in [5.41, 5.74) is 1.35. The summed E-state index contributed by atoms with van der Waals surface area (Å²) in [6, 6.07) is 13.1. The molecule has 0 bridgehead atoms. The molecule has 0 aliphatic carbocycles. The average Bonchev–Trinajstić information content (AvgIpc) is 2.54. The topological polar surface area (TPSA) is 67.8 Å². The van der Waals surface area contributed by atoms with E-state index in [9.17, 15) is 8.42 Å². The smallest absolute Gasteiger partial charge is 0.276 e. The predicted molar refractivity (Wildman–Crippen MR) is 91.6 cm³/mol. The first kappa shape index (κ1) is 17.3.